The summed E-state index contributed by atoms with van der Waals surface area (Å²) in [5.41, 5.74) is 0. The molecule has 6 heteroatoms. The minimum absolute atomic E-state index is 0. The van der Waals surface area contributed by atoms with Crippen LogP contribution < -0.4 is 5.32 Å². The molecule has 1 N–H and O–H groups in total. The molecule has 0 aromatic heterocycles. The summed E-state index contributed by atoms with van der Waals surface area (Å²) in [6.45, 7) is 5.66. The molecule has 20 heavy (non-hydrogen) atoms. The normalized spacial score (nSPS) is 33.5. The second-order valence-corrected chi connectivity index (χ2v) is 7.08. The van der Waals surface area contributed by atoms with E-state index in [0.717, 1.165) is 24.6 Å². The lowest BCUT2D eigenvalue weighted by atomic mass is 10.1. The van der Waals surface area contributed by atoms with Gasteiger partial charge in [0.2, 0.25) is 5.91 Å². The summed E-state index contributed by atoms with van der Waals surface area (Å²) in [5, 5.41) is 4.02. The predicted molar refractivity (Wildman–Crippen MR) is 86.8 cm³/mol. The lowest BCUT2D eigenvalue weighted by molar-refractivity contribution is -0.140. The molecule has 1 saturated heterocycles. The zero-order valence-electron chi connectivity index (χ0n) is 12.6. The third kappa shape index (κ3) is 4.26. The highest BCUT2D eigenvalue weighted by Gasteiger charge is 2.35. The van der Waals surface area contributed by atoms with Crippen LogP contribution in [0.25, 0.3) is 0 Å². The van der Waals surface area contributed by atoms with E-state index >= 15 is 0 Å². The largest absolute Gasteiger partial charge is 0.375 e. The zero-order chi connectivity index (χ0) is 13.8. The Bertz CT molecular complexity index is 320. The van der Waals surface area contributed by atoms with Gasteiger partial charge in [-0.2, -0.15) is 11.8 Å². The molecule has 0 radical (unpaired) electrons. The van der Waals surface area contributed by atoms with E-state index < -0.39 is 0 Å². The molecule has 0 bridgehead atoms. The average Bonchev–Trinajstić information content (AvgIpc) is 2.87. The number of carbonyl (C=O) groups excluding carboxylic acids is 1. The fraction of sp³-hybridized carbons (Fsp3) is 0.929. The molecule has 1 heterocycles. The van der Waals surface area contributed by atoms with Gasteiger partial charge in [-0.3, -0.25) is 4.79 Å². The molecule has 0 aromatic rings. The Morgan fingerprint density at radius 2 is 2.20 bits per heavy atom. The predicted octanol–water partition coefficient (Wildman–Crippen LogP) is 1.92. The minimum Gasteiger partial charge on any atom is -0.375 e. The first kappa shape index (κ1) is 18.1. The SMILES string of the molecule is CCSC1CCC(N(C)C(=O)[C@H]2NCCO[C@@H]2C)C1.Cl. The number of nitrogens with one attached hydrogen (secondary N) is 1. The van der Waals surface area contributed by atoms with Crippen molar-refractivity contribution >= 4 is 30.1 Å². The van der Waals surface area contributed by atoms with Gasteiger partial charge in [-0.1, -0.05) is 6.92 Å². The number of hydrogen-bond acceptors (Lipinski definition) is 4. The Kier molecular flexibility index (Phi) is 7.65. The standard InChI is InChI=1S/C14H26N2O2S.ClH/c1-4-19-12-6-5-11(9-12)16(3)14(17)13-10(2)18-8-7-15-13;/h10-13,15H,4-9H2,1-3H3;1H/t10-,11?,12?,13+;/m1./s1. The van der Waals surface area contributed by atoms with Crippen LogP contribution in [-0.4, -0.2) is 60.2 Å². The van der Waals surface area contributed by atoms with Crippen molar-refractivity contribution in [2.24, 2.45) is 0 Å². The van der Waals surface area contributed by atoms with E-state index in [9.17, 15) is 4.79 Å². The molecule has 1 aliphatic heterocycles. The molecule has 0 aromatic carbocycles. The first-order chi connectivity index (χ1) is 9.13. The maximum atomic E-state index is 12.5. The monoisotopic (exact) mass is 322 g/mol. The summed E-state index contributed by atoms with van der Waals surface area (Å²) < 4.78 is 5.57. The number of likely N-dealkylation sites (N-methyl/N-ethyl adjacent to an activating group) is 1. The van der Waals surface area contributed by atoms with Crippen molar-refractivity contribution in [2.75, 3.05) is 26.0 Å². The maximum absolute atomic E-state index is 12.5. The van der Waals surface area contributed by atoms with Gasteiger partial charge >= 0.3 is 0 Å². The lowest BCUT2D eigenvalue weighted by Crippen LogP contribution is -2.57. The molecule has 2 unspecified atom stereocenters. The molecule has 2 fully saturated rings. The molecule has 4 nitrogen and oxygen atoms in total. The first-order valence-corrected chi connectivity index (χ1v) is 8.41. The summed E-state index contributed by atoms with van der Waals surface area (Å²) in [4.78, 5) is 14.5. The van der Waals surface area contributed by atoms with Crippen molar-refractivity contribution in [2.45, 2.75) is 56.5 Å². The number of rotatable bonds is 4. The van der Waals surface area contributed by atoms with Gasteiger partial charge in [0.05, 0.1) is 12.7 Å². The molecule has 0 spiro atoms. The number of thioether (sulfide) groups is 1. The summed E-state index contributed by atoms with van der Waals surface area (Å²) in [6, 6.07) is 0.240. The average molecular weight is 323 g/mol. The third-order valence-corrected chi connectivity index (χ3v) is 5.47. The third-order valence-electron chi connectivity index (χ3n) is 4.24. The van der Waals surface area contributed by atoms with Gasteiger partial charge in [-0.05, 0) is 31.9 Å². The molecular weight excluding hydrogens is 296 g/mol. The second-order valence-electron chi connectivity index (χ2n) is 5.50. The van der Waals surface area contributed by atoms with E-state index in [1.54, 1.807) is 0 Å². The van der Waals surface area contributed by atoms with Crippen molar-refractivity contribution in [3.63, 3.8) is 0 Å². The van der Waals surface area contributed by atoms with Crippen LogP contribution in [0.3, 0.4) is 0 Å². The smallest absolute Gasteiger partial charge is 0.242 e. The number of morpholine rings is 1. The highest BCUT2D eigenvalue weighted by atomic mass is 35.5. The highest BCUT2D eigenvalue weighted by molar-refractivity contribution is 7.99. The maximum Gasteiger partial charge on any atom is 0.242 e. The quantitative estimate of drug-likeness (QED) is 0.858. The zero-order valence-corrected chi connectivity index (χ0v) is 14.3. The minimum atomic E-state index is -0.170. The molecular formula is C14H27ClN2O2S. The fourth-order valence-electron chi connectivity index (χ4n) is 3.07. The number of amides is 1. The Morgan fingerprint density at radius 3 is 2.85 bits per heavy atom. The molecule has 1 saturated carbocycles. The molecule has 2 rings (SSSR count). The van der Waals surface area contributed by atoms with Crippen molar-refractivity contribution in [3.05, 3.63) is 0 Å². The van der Waals surface area contributed by atoms with Crippen molar-refractivity contribution in [1.82, 2.24) is 10.2 Å². The van der Waals surface area contributed by atoms with Gasteiger partial charge in [0.25, 0.3) is 0 Å². The highest BCUT2D eigenvalue weighted by Crippen LogP contribution is 2.32. The number of hydrogen-bond donors (Lipinski definition) is 1. The number of halogens is 1. The van der Waals surface area contributed by atoms with Crippen molar-refractivity contribution in [1.29, 1.82) is 0 Å². The first-order valence-electron chi connectivity index (χ1n) is 7.36. The van der Waals surface area contributed by atoms with Crippen LogP contribution in [0.4, 0.5) is 0 Å². The molecule has 1 aliphatic carbocycles. The summed E-state index contributed by atoms with van der Waals surface area (Å²) in [6.07, 6.45) is 3.50. The van der Waals surface area contributed by atoms with E-state index in [2.05, 4.69) is 12.2 Å². The second kappa shape index (κ2) is 8.47. The Morgan fingerprint density at radius 1 is 1.45 bits per heavy atom. The van der Waals surface area contributed by atoms with Gasteiger partial charge in [0, 0.05) is 24.9 Å². The summed E-state index contributed by atoms with van der Waals surface area (Å²) >= 11 is 2.03. The summed E-state index contributed by atoms with van der Waals surface area (Å²) in [7, 11) is 1.95. The van der Waals surface area contributed by atoms with Gasteiger partial charge in [-0.25, -0.2) is 0 Å². The van der Waals surface area contributed by atoms with Crippen LogP contribution in [0.2, 0.25) is 0 Å². The van der Waals surface area contributed by atoms with Crippen LogP contribution in [0.5, 0.6) is 0 Å². The van der Waals surface area contributed by atoms with E-state index in [0.29, 0.717) is 12.6 Å². The van der Waals surface area contributed by atoms with Gasteiger partial charge in [0.15, 0.2) is 0 Å². The molecule has 118 valence electrons. The summed E-state index contributed by atoms with van der Waals surface area (Å²) in [5.74, 6) is 1.36. The van der Waals surface area contributed by atoms with Crippen LogP contribution in [0.15, 0.2) is 0 Å². The van der Waals surface area contributed by atoms with Gasteiger partial charge in [-0.15, -0.1) is 12.4 Å². The van der Waals surface area contributed by atoms with Gasteiger partial charge in [0.1, 0.15) is 6.04 Å². The number of carbonyl (C=O) groups is 1. The van der Waals surface area contributed by atoms with E-state index in [4.69, 9.17) is 4.74 Å². The molecule has 2 aliphatic rings. The fourth-order valence-corrected chi connectivity index (χ4v) is 4.20. The van der Waals surface area contributed by atoms with Crippen molar-refractivity contribution < 1.29 is 9.53 Å². The van der Waals surface area contributed by atoms with Gasteiger partial charge < -0.3 is 15.0 Å². The number of ether oxygens (including phenoxy) is 1. The Balaban J connectivity index is 0.00000200. The van der Waals surface area contributed by atoms with E-state index in [1.807, 2.05) is 30.6 Å². The van der Waals surface area contributed by atoms with Crippen LogP contribution in [0, 0.1) is 0 Å². The number of nitrogens with zero attached hydrogens (tertiary/aromatic N) is 1. The Labute approximate surface area is 132 Å². The Hall–Kier alpha value is 0.0300. The topological polar surface area (TPSA) is 41.6 Å². The molecule has 4 atom stereocenters. The van der Waals surface area contributed by atoms with E-state index in [-0.39, 0.29) is 30.5 Å². The van der Waals surface area contributed by atoms with Crippen molar-refractivity contribution in [3.8, 4) is 0 Å². The van der Waals surface area contributed by atoms with E-state index in [1.165, 1.54) is 12.2 Å². The van der Waals surface area contributed by atoms with Crippen LogP contribution in [0.1, 0.15) is 33.1 Å². The molecule has 1 amide bonds. The lowest BCUT2D eigenvalue weighted by Gasteiger charge is -2.34. The van der Waals surface area contributed by atoms with Crippen LogP contribution >= 0.6 is 24.2 Å². The van der Waals surface area contributed by atoms with Crippen LogP contribution in [-0.2, 0) is 9.53 Å².